The van der Waals surface area contributed by atoms with Crippen LogP contribution in [0, 0.1) is 5.92 Å². The number of H-pyrrole nitrogens is 1. The van der Waals surface area contributed by atoms with Gasteiger partial charge in [-0.25, -0.2) is 0 Å². The summed E-state index contributed by atoms with van der Waals surface area (Å²) in [6.07, 6.45) is 3.32. The molecule has 2 heterocycles. The monoisotopic (exact) mass is 369 g/mol. The fourth-order valence-electron chi connectivity index (χ4n) is 3.91. The molecule has 1 aromatic carbocycles. The van der Waals surface area contributed by atoms with Gasteiger partial charge in [0, 0.05) is 49.2 Å². The second-order valence-electron chi connectivity index (χ2n) is 7.78. The summed E-state index contributed by atoms with van der Waals surface area (Å²) in [6, 6.07) is 8.94. The Morgan fingerprint density at radius 1 is 1.27 bits per heavy atom. The second-order valence-corrected chi connectivity index (χ2v) is 8.20. The van der Waals surface area contributed by atoms with E-state index >= 15 is 0 Å². The number of hydrogen-bond donors (Lipinski definition) is 1. The van der Waals surface area contributed by atoms with Gasteiger partial charge in [-0.3, -0.25) is 9.69 Å². The van der Waals surface area contributed by atoms with Crippen molar-refractivity contribution < 1.29 is 0 Å². The van der Waals surface area contributed by atoms with Crippen molar-refractivity contribution in [2.45, 2.75) is 45.7 Å². The summed E-state index contributed by atoms with van der Waals surface area (Å²) in [6.45, 7) is 8.32. The molecule has 26 heavy (non-hydrogen) atoms. The number of piperazine rings is 1. The predicted molar refractivity (Wildman–Crippen MR) is 111 cm³/mol. The Labute approximate surface area is 160 Å². The molecule has 0 spiro atoms. The summed E-state index contributed by atoms with van der Waals surface area (Å²) < 4.78 is 0. The van der Waals surface area contributed by atoms with Crippen LogP contribution in [0.1, 0.15) is 37.8 Å². The average Bonchev–Trinajstić information content (AvgIpc) is 3.47. The SMILES string of the molecule is CCc1cc2ccc(CN3CCN(C(=S)C4CC4)C[C@@H]3C)cc2[nH]c1=O. The number of benzene rings is 1. The molecule has 0 unspecified atom stereocenters. The zero-order valence-electron chi connectivity index (χ0n) is 15.6. The first-order valence-electron chi connectivity index (χ1n) is 9.73. The molecular weight excluding hydrogens is 342 g/mol. The number of rotatable bonds is 4. The lowest BCUT2D eigenvalue weighted by Gasteiger charge is -2.41. The van der Waals surface area contributed by atoms with E-state index in [0.717, 1.165) is 49.1 Å². The van der Waals surface area contributed by atoms with Crippen molar-refractivity contribution in [1.82, 2.24) is 14.8 Å². The van der Waals surface area contributed by atoms with E-state index in [0.29, 0.717) is 12.0 Å². The Bertz CT molecular complexity index is 886. The summed E-state index contributed by atoms with van der Waals surface area (Å²) in [7, 11) is 0. The van der Waals surface area contributed by atoms with Crippen LogP contribution in [0.5, 0.6) is 0 Å². The zero-order valence-corrected chi connectivity index (χ0v) is 16.4. The lowest BCUT2D eigenvalue weighted by molar-refractivity contribution is 0.116. The number of aromatic nitrogens is 1. The predicted octanol–water partition coefficient (Wildman–Crippen LogP) is 3.33. The van der Waals surface area contributed by atoms with Crippen LogP contribution in [-0.4, -0.2) is 45.4 Å². The molecule has 1 aliphatic heterocycles. The van der Waals surface area contributed by atoms with Gasteiger partial charge in [0.15, 0.2) is 0 Å². The van der Waals surface area contributed by atoms with Crippen molar-refractivity contribution in [1.29, 1.82) is 0 Å². The Balaban J connectivity index is 1.47. The van der Waals surface area contributed by atoms with Crippen LogP contribution < -0.4 is 5.56 Å². The number of aromatic amines is 1. The van der Waals surface area contributed by atoms with E-state index in [1.807, 2.05) is 13.0 Å². The molecule has 4 nitrogen and oxygen atoms in total. The van der Waals surface area contributed by atoms with E-state index in [9.17, 15) is 4.79 Å². The molecule has 1 aliphatic carbocycles. The van der Waals surface area contributed by atoms with Gasteiger partial charge in [0.1, 0.15) is 0 Å². The topological polar surface area (TPSA) is 39.3 Å². The maximum atomic E-state index is 12.1. The van der Waals surface area contributed by atoms with Gasteiger partial charge >= 0.3 is 0 Å². The molecule has 2 fully saturated rings. The number of nitrogens with zero attached hydrogens (tertiary/aromatic N) is 2. The Morgan fingerprint density at radius 2 is 2.08 bits per heavy atom. The number of thiocarbonyl (C=S) groups is 1. The first-order valence-corrected chi connectivity index (χ1v) is 10.1. The van der Waals surface area contributed by atoms with Crippen LogP contribution in [0.25, 0.3) is 10.9 Å². The second kappa shape index (κ2) is 7.12. The maximum Gasteiger partial charge on any atom is 0.251 e. The van der Waals surface area contributed by atoms with Crippen LogP contribution in [0.15, 0.2) is 29.1 Å². The van der Waals surface area contributed by atoms with Gasteiger partial charge in [-0.2, -0.15) is 0 Å². The number of fused-ring (bicyclic) bond motifs is 1. The van der Waals surface area contributed by atoms with E-state index in [-0.39, 0.29) is 5.56 Å². The Morgan fingerprint density at radius 3 is 2.77 bits per heavy atom. The highest BCUT2D eigenvalue weighted by molar-refractivity contribution is 7.80. The molecule has 0 radical (unpaired) electrons. The number of hydrogen-bond acceptors (Lipinski definition) is 3. The number of nitrogens with one attached hydrogen (secondary N) is 1. The fraction of sp³-hybridized carbons (Fsp3) is 0.524. The highest BCUT2D eigenvalue weighted by Crippen LogP contribution is 2.33. The lowest BCUT2D eigenvalue weighted by Crippen LogP contribution is -2.53. The van der Waals surface area contributed by atoms with Crippen LogP contribution in [0.4, 0.5) is 0 Å². The largest absolute Gasteiger partial charge is 0.363 e. The van der Waals surface area contributed by atoms with Gasteiger partial charge in [0.25, 0.3) is 5.56 Å². The van der Waals surface area contributed by atoms with Gasteiger partial charge in [-0.1, -0.05) is 31.3 Å². The molecule has 138 valence electrons. The van der Waals surface area contributed by atoms with Crippen LogP contribution in [0.3, 0.4) is 0 Å². The van der Waals surface area contributed by atoms with Gasteiger partial charge in [-0.05, 0) is 49.3 Å². The lowest BCUT2D eigenvalue weighted by atomic mass is 10.1. The summed E-state index contributed by atoms with van der Waals surface area (Å²) in [5, 5.41) is 1.11. The third-order valence-corrected chi connectivity index (χ3v) is 6.35. The summed E-state index contributed by atoms with van der Waals surface area (Å²) >= 11 is 5.64. The highest BCUT2D eigenvalue weighted by atomic mass is 32.1. The van der Waals surface area contributed by atoms with Crippen molar-refractivity contribution in [3.05, 3.63) is 45.7 Å². The van der Waals surface area contributed by atoms with Gasteiger partial charge in [-0.15, -0.1) is 0 Å². The first-order chi connectivity index (χ1) is 12.5. The normalized spacial score (nSPS) is 21.3. The van der Waals surface area contributed by atoms with Crippen molar-refractivity contribution in [3.63, 3.8) is 0 Å². The molecule has 5 heteroatoms. The zero-order chi connectivity index (χ0) is 18.3. The van der Waals surface area contributed by atoms with Gasteiger partial charge in [0.2, 0.25) is 0 Å². The molecule has 1 aromatic heterocycles. The van der Waals surface area contributed by atoms with Crippen LogP contribution in [-0.2, 0) is 13.0 Å². The molecule has 1 atom stereocenters. The van der Waals surface area contributed by atoms with Gasteiger partial charge in [0.05, 0.1) is 4.99 Å². The minimum absolute atomic E-state index is 0.0349. The molecule has 0 amide bonds. The fourth-order valence-corrected chi connectivity index (χ4v) is 4.31. The number of pyridine rings is 1. The minimum atomic E-state index is 0.0349. The van der Waals surface area contributed by atoms with Crippen molar-refractivity contribution in [3.8, 4) is 0 Å². The molecule has 4 rings (SSSR count). The third kappa shape index (κ3) is 3.55. The van der Waals surface area contributed by atoms with Crippen molar-refractivity contribution in [2.24, 2.45) is 5.92 Å². The minimum Gasteiger partial charge on any atom is -0.363 e. The van der Waals surface area contributed by atoms with E-state index < -0.39 is 0 Å². The van der Waals surface area contributed by atoms with E-state index in [1.165, 1.54) is 23.4 Å². The molecule has 1 saturated carbocycles. The van der Waals surface area contributed by atoms with E-state index in [2.05, 4.69) is 39.9 Å². The molecule has 1 N–H and O–H groups in total. The molecule has 1 saturated heterocycles. The smallest absolute Gasteiger partial charge is 0.251 e. The van der Waals surface area contributed by atoms with E-state index in [4.69, 9.17) is 12.2 Å². The van der Waals surface area contributed by atoms with E-state index in [1.54, 1.807) is 0 Å². The third-order valence-electron chi connectivity index (χ3n) is 5.76. The quantitative estimate of drug-likeness (QED) is 0.839. The molecule has 2 aliphatic rings. The summed E-state index contributed by atoms with van der Waals surface area (Å²) in [4.78, 5) is 21.3. The molecular formula is C21H27N3OS. The van der Waals surface area contributed by atoms with Crippen molar-refractivity contribution >= 4 is 28.1 Å². The van der Waals surface area contributed by atoms with Crippen molar-refractivity contribution in [2.75, 3.05) is 19.6 Å². The Kier molecular flexibility index (Phi) is 4.84. The average molecular weight is 370 g/mol. The summed E-state index contributed by atoms with van der Waals surface area (Å²) in [5.41, 5.74) is 3.07. The highest BCUT2D eigenvalue weighted by Gasteiger charge is 2.33. The standard InChI is InChI=1S/C21H27N3OS/c1-3-16-11-18-5-4-15(10-19(18)22-20(16)25)13-23-8-9-24(12-14(23)2)21(26)17-6-7-17/h4-5,10-11,14,17H,3,6-9,12-13H2,1-2H3,(H,22,25)/t14-/m0/s1. The summed E-state index contributed by atoms with van der Waals surface area (Å²) in [5.74, 6) is 0.675. The first kappa shape index (κ1) is 17.7. The Hall–Kier alpha value is -1.72. The molecule has 2 aromatic rings. The molecule has 0 bridgehead atoms. The maximum absolute atomic E-state index is 12.1. The van der Waals surface area contributed by atoms with Gasteiger partial charge < -0.3 is 9.88 Å². The van der Waals surface area contributed by atoms with Crippen LogP contribution in [0.2, 0.25) is 0 Å². The number of aryl methyl sites for hydroxylation is 1. The van der Waals surface area contributed by atoms with Crippen LogP contribution >= 0.6 is 12.2 Å².